The third-order valence-corrected chi connectivity index (χ3v) is 2.53. The van der Waals surface area contributed by atoms with Crippen molar-refractivity contribution in [2.24, 2.45) is 0 Å². The van der Waals surface area contributed by atoms with Crippen LogP contribution < -0.4 is 0 Å². The van der Waals surface area contributed by atoms with Gasteiger partial charge in [0.2, 0.25) is 0 Å². The average molecular weight is 277 g/mol. The Bertz CT molecular complexity index is 540. The maximum Gasteiger partial charge on any atom is 0.178 e. The molecule has 2 aromatic heterocycles. The Kier molecular flexibility index (Phi) is 3.10. The lowest BCUT2D eigenvalue weighted by Crippen LogP contribution is -1.98. The highest BCUT2D eigenvalue weighted by molar-refractivity contribution is 9.10. The Morgan fingerprint density at radius 2 is 1.69 bits per heavy atom. The Balaban J connectivity index is 2.48. The van der Waals surface area contributed by atoms with Gasteiger partial charge in [0.05, 0.1) is 11.4 Å². The molecule has 4 heteroatoms. The number of pyridine rings is 2. The van der Waals surface area contributed by atoms with Gasteiger partial charge in [0, 0.05) is 6.92 Å². The molecule has 0 saturated heterocycles. The van der Waals surface area contributed by atoms with Crippen LogP contribution in [0.2, 0.25) is 0 Å². The first-order valence-corrected chi connectivity index (χ1v) is 5.57. The van der Waals surface area contributed by atoms with Gasteiger partial charge in [-0.25, -0.2) is 9.97 Å². The first kappa shape index (κ1) is 11.0. The van der Waals surface area contributed by atoms with Crippen LogP contribution in [0.5, 0.6) is 0 Å². The Labute approximate surface area is 102 Å². The number of aromatic nitrogens is 2. The summed E-state index contributed by atoms with van der Waals surface area (Å²) in [6.07, 6.45) is 0. The van der Waals surface area contributed by atoms with Crippen molar-refractivity contribution in [3.63, 3.8) is 0 Å². The molecule has 0 aliphatic rings. The van der Waals surface area contributed by atoms with Crippen LogP contribution in [0.3, 0.4) is 0 Å². The minimum absolute atomic E-state index is 0.0446. The fraction of sp³-hybridized carbons (Fsp3) is 0.0833. The summed E-state index contributed by atoms with van der Waals surface area (Å²) in [6, 6.07) is 10.9. The summed E-state index contributed by atoms with van der Waals surface area (Å²) >= 11 is 3.30. The molecule has 0 saturated carbocycles. The van der Waals surface area contributed by atoms with Gasteiger partial charge in [0.15, 0.2) is 5.78 Å². The lowest BCUT2D eigenvalue weighted by atomic mass is 10.2. The lowest BCUT2D eigenvalue weighted by Gasteiger charge is -2.02. The Morgan fingerprint density at radius 1 is 1.06 bits per heavy atom. The monoisotopic (exact) mass is 276 g/mol. The van der Waals surface area contributed by atoms with E-state index in [4.69, 9.17) is 0 Å². The topological polar surface area (TPSA) is 42.9 Å². The highest BCUT2D eigenvalue weighted by Gasteiger charge is 2.05. The van der Waals surface area contributed by atoms with Crippen LogP contribution in [0.1, 0.15) is 17.4 Å². The van der Waals surface area contributed by atoms with Crippen molar-refractivity contribution in [1.82, 2.24) is 9.97 Å². The summed E-state index contributed by atoms with van der Waals surface area (Å²) in [5, 5.41) is 0. The first-order valence-electron chi connectivity index (χ1n) is 4.78. The van der Waals surface area contributed by atoms with Gasteiger partial charge in [-0.1, -0.05) is 12.1 Å². The van der Waals surface area contributed by atoms with Gasteiger partial charge in [-0.2, -0.15) is 0 Å². The molecule has 2 heterocycles. The van der Waals surface area contributed by atoms with Crippen LogP contribution in [0, 0.1) is 0 Å². The number of carbonyl (C=O) groups excluding carboxylic acids is 1. The minimum atomic E-state index is -0.0446. The molecule has 0 N–H and O–H groups in total. The number of hydrogen-bond acceptors (Lipinski definition) is 3. The molecule has 0 aliphatic heterocycles. The number of nitrogens with zero attached hydrogens (tertiary/aromatic N) is 2. The lowest BCUT2D eigenvalue weighted by molar-refractivity contribution is 0.101. The van der Waals surface area contributed by atoms with Crippen LogP contribution in [0.4, 0.5) is 0 Å². The molecular formula is C12H9BrN2O. The van der Waals surface area contributed by atoms with Gasteiger partial charge in [-0.3, -0.25) is 4.79 Å². The molecule has 0 fully saturated rings. The van der Waals surface area contributed by atoms with Gasteiger partial charge in [-0.05, 0) is 40.2 Å². The summed E-state index contributed by atoms with van der Waals surface area (Å²) in [4.78, 5) is 19.7. The van der Waals surface area contributed by atoms with Gasteiger partial charge in [-0.15, -0.1) is 0 Å². The normalized spacial score (nSPS) is 10.1. The fourth-order valence-corrected chi connectivity index (χ4v) is 1.67. The Morgan fingerprint density at radius 3 is 2.31 bits per heavy atom. The summed E-state index contributed by atoms with van der Waals surface area (Å²) in [5.41, 5.74) is 1.91. The third kappa shape index (κ3) is 2.33. The van der Waals surface area contributed by atoms with E-state index >= 15 is 0 Å². The molecule has 2 rings (SSSR count). The van der Waals surface area contributed by atoms with E-state index in [-0.39, 0.29) is 5.78 Å². The third-order valence-electron chi connectivity index (χ3n) is 2.09. The van der Waals surface area contributed by atoms with E-state index in [1.54, 1.807) is 6.07 Å². The molecule has 0 unspecified atom stereocenters. The standard InChI is InChI=1S/C12H9BrN2O/c1-8(16)9-4-2-5-10(14-9)11-6-3-7-12(13)15-11/h2-7H,1H3. The molecular weight excluding hydrogens is 268 g/mol. The fourth-order valence-electron chi connectivity index (χ4n) is 1.32. The number of carbonyl (C=O) groups is 1. The summed E-state index contributed by atoms with van der Waals surface area (Å²) in [7, 11) is 0. The molecule has 0 amide bonds. The van der Waals surface area contributed by atoms with Crippen molar-refractivity contribution in [1.29, 1.82) is 0 Å². The van der Waals surface area contributed by atoms with E-state index < -0.39 is 0 Å². The van der Waals surface area contributed by atoms with Gasteiger partial charge in [0.25, 0.3) is 0 Å². The highest BCUT2D eigenvalue weighted by Crippen LogP contribution is 2.17. The zero-order valence-corrected chi connectivity index (χ0v) is 10.2. The van der Waals surface area contributed by atoms with E-state index in [2.05, 4.69) is 25.9 Å². The van der Waals surface area contributed by atoms with Gasteiger partial charge < -0.3 is 0 Å². The predicted octanol–water partition coefficient (Wildman–Crippen LogP) is 3.11. The van der Waals surface area contributed by atoms with E-state index in [1.807, 2.05) is 30.3 Å². The van der Waals surface area contributed by atoms with Gasteiger partial charge >= 0.3 is 0 Å². The smallest absolute Gasteiger partial charge is 0.178 e. The van der Waals surface area contributed by atoms with Crippen LogP contribution in [-0.2, 0) is 0 Å². The van der Waals surface area contributed by atoms with Crippen molar-refractivity contribution >= 4 is 21.7 Å². The highest BCUT2D eigenvalue weighted by atomic mass is 79.9. The summed E-state index contributed by atoms with van der Waals surface area (Å²) < 4.78 is 0.750. The molecule has 80 valence electrons. The molecule has 16 heavy (non-hydrogen) atoms. The quantitative estimate of drug-likeness (QED) is 0.625. The molecule has 3 nitrogen and oxygen atoms in total. The molecule has 0 radical (unpaired) electrons. The largest absolute Gasteiger partial charge is 0.293 e. The average Bonchev–Trinajstić information content (AvgIpc) is 2.29. The van der Waals surface area contributed by atoms with Crippen LogP contribution in [0.15, 0.2) is 41.0 Å². The van der Waals surface area contributed by atoms with E-state index in [0.717, 1.165) is 10.3 Å². The maximum atomic E-state index is 11.2. The van der Waals surface area contributed by atoms with Crippen molar-refractivity contribution in [3.8, 4) is 11.4 Å². The van der Waals surface area contributed by atoms with Crippen molar-refractivity contribution in [3.05, 3.63) is 46.7 Å². The van der Waals surface area contributed by atoms with Crippen LogP contribution in [-0.4, -0.2) is 15.8 Å². The van der Waals surface area contributed by atoms with E-state index in [0.29, 0.717) is 11.4 Å². The number of Topliss-reactive ketones (excluding diaryl/α,β-unsaturated/α-hetero) is 1. The molecule has 0 bridgehead atoms. The number of halogens is 1. The number of rotatable bonds is 2. The molecule has 0 aliphatic carbocycles. The zero-order chi connectivity index (χ0) is 11.5. The zero-order valence-electron chi connectivity index (χ0n) is 8.64. The summed E-state index contributed by atoms with van der Waals surface area (Å²) in [6.45, 7) is 1.50. The molecule has 0 aromatic carbocycles. The number of hydrogen-bond donors (Lipinski definition) is 0. The molecule has 2 aromatic rings. The van der Waals surface area contributed by atoms with E-state index in [9.17, 15) is 4.79 Å². The minimum Gasteiger partial charge on any atom is -0.293 e. The second-order valence-corrected chi connectivity index (χ2v) is 4.12. The van der Waals surface area contributed by atoms with E-state index in [1.165, 1.54) is 6.92 Å². The first-order chi connectivity index (χ1) is 7.66. The van der Waals surface area contributed by atoms with Crippen molar-refractivity contribution in [2.45, 2.75) is 6.92 Å². The second-order valence-electron chi connectivity index (χ2n) is 3.31. The van der Waals surface area contributed by atoms with Crippen LogP contribution in [0.25, 0.3) is 11.4 Å². The maximum absolute atomic E-state index is 11.2. The van der Waals surface area contributed by atoms with Crippen molar-refractivity contribution in [2.75, 3.05) is 0 Å². The van der Waals surface area contributed by atoms with Crippen LogP contribution >= 0.6 is 15.9 Å². The molecule has 0 atom stereocenters. The van der Waals surface area contributed by atoms with Crippen molar-refractivity contribution < 1.29 is 4.79 Å². The SMILES string of the molecule is CC(=O)c1cccc(-c2cccc(Br)n2)n1. The predicted molar refractivity (Wildman–Crippen MR) is 65.2 cm³/mol. The molecule has 0 spiro atoms. The van der Waals surface area contributed by atoms with Gasteiger partial charge in [0.1, 0.15) is 10.3 Å². The second kappa shape index (κ2) is 4.53. The Hall–Kier alpha value is -1.55. The summed E-state index contributed by atoms with van der Waals surface area (Å²) in [5.74, 6) is -0.0446. The number of ketones is 1.